The monoisotopic (exact) mass is 597 g/mol. The molecule has 6 aromatic carbocycles. The average Bonchev–Trinajstić information content (AvgIpc) is 3.66. The van der Waals surface area contributed by atoms with Gasteiger partial charge in [-0.25, -0.2) is 15.0 Å². The summed E-state index contributed by atoms with van der Waals surface area (Å²) >= 11 is 3.63. The number of fused-ring (bicyclic) bond motifs is 6. The summed E-state index contributed by atoms with van der Waals surface area (Å²) in [4.78, 5) is 15.1. The molecule has 3 heterocycles. The van der Waals surface area contributed by atoms with Gasteiger partial charge in [0, 0.05) is 57.0 Å². The van der Waals surface area contributed by atoms with Crippen molar-refractivity contribution in [2.24, 2.45) is 0 Å². The Morgan fingerprint density at radius 1 is 0.341 bits per heavy atom. The molecule has 0 radical (unpaired) electrons. The van der Waals surface area contributed by atoms with Gasteiger partial charge in [0.05, 0.1) is 0 Å². The van der Waals surface area contributed by atoms with Crippen LogP contribution in [0.15, 0.2) is 140 Å². The maximum Gasteiger partial charge on any atom is 0.164 e. The Bertz CT molecular complexity index is 2500. The van der Waals surface area contributed by atoms with E-state index in [1.54, 1.807) is 11.3 Å². The van der Waals surface area contributed by atoms with Gasteiger partial charge in [0.25, 0.3) is 0 Å². The van der Waals surface area contributed by atoms with Gasteiger partial charge in [-0.1, -0.05) is 121 Å². The third-order valence-corrected chi connectivity index (χ3v) is 10.5. The molecule has 3 aromatic heterocycles. The zero-order chi connectivity index (χ0) is 29.0. The lowest BCUT2D eigenvalue weighted by molar-refractivity contribution is 1.08. The van der Waals surface area contributed by atoms with Crippen molar-refractivity contribution in [3.8, 4) is 45.3 Å². The van der Waals surface area contributed by atoms with E-state index in [1.807, 2.05) is 29.5 Å². The van der Waals surface area contributed by atoms with Crippen LogP contribution in [0.3, 0.4) is 0 Å². The maximum absolute atomic E-state index is 5.07. The summed E-state index contributed by atoms with van der Waals surface area (Å²) in [6.07, 6.45) is 0. The Kier molecular flexibility index (Phi) is 5.86. The van der Waals surface area contributed by atoms with Crippen molar-refractivity contribution in [1.82, 2.24) is 15.0 Å². The fraction of sp³-hybridized carbons (Fsp3) is 0. The molecule has 5 heteroatoms. The first-order valence-electron chi connectivity index (χ1n) is 14.5. The minimum absolute atomic E-state index is 0.671. The third-order valence-electron chi connectivity index (χ3n) is 8.15. The molecule has 0 N–H and O–H groups in total. The molecule has 0 spiro atoms. The van der Waals surface area contributed by atoms with E-state index in [0.29, 0.717) is 17.5 Å². The summed E-state index contributed by atoms with van der Waals surface area (Å²) in [6.45, 7) is 0. The molecule has 0 saturated heterocycles. The summed E-state index contributed by atoms with van der Waals surface area (Å²) < 4.78 is 5.03. The van der Waals surface area contributed by atoms with E-state index >= 15 is 0 Å². The largest absolute Gasteiger partial charge is 0.208 e. The number of hydrogen-bond acceptors (Lipinski definition) is 5. The fourth-order valence-electron chi connectivity index (χ4n) is 6.00. The van der Waals surface area contributed by atoms with Crippen LogP contribution in [0.4, 0.5) is 0 Å². The molecular weight excluding hydrogens is 575 g/mol. The summed E-state index contributed by atoms with van der Waals surface area (Å²) in [7, 11) is 0. The van der Waals surface area contributed by atoms with Crippen LogP contribution in [-0.4, -0.2) is 15.0 Å². The van der Waals surface area contributed by atoms with Crippen LogP contribution in [0.5, 0.6) is 0 Å². The minimum atomic E-state index is 0.671. The molecule has 9 rings (SSSR count). The predicted molar refractivity (Wildman–Crippen MR) is 187 cm³/mol. The van der Waals surface area contributed by atoms with E-state index < -0.39 is 0 Å². The van der Waals surface area contributed by atoms with Gasteiger partial charge < -0.3 is 0 Å². The lowest BCUT2D eigenvalue weighted by Gasteiger charge is -2.09. The van der Waals surface area contributed by atoms with Gasteiger partial charge in [-0.05, 0) is 29.3 Å². The predicted octanol–water partition coefficient (Wildman–Crippen LogP) is 11.3. The first kappa shape index (κ1) is 25.3. The molecule has 0 aliphatic carbocycles. The van der Waals surface area contributed by atoms with Crippen LogP contribution in [0.1, 0.15) is 0 Å². The van der Waals surface area contributed by atoms with E-state index in [0.717, 1.165) is 16.7 Å². The average molecular weight is 598 g/mol. The lowest BCUT2D eigenvalue weighted by atomic mass is 10.0. The van der Waals surface area contributed by atoms with Crippen LogP contribution < -0.4 is 0 Å². The molecule has 44 heavy (non-hydrogen) atoms. The smallest absolute Gasteiger partial charge is 0.164 e. The number of aromatic nitrogens is 3. The van der Waals surface area contributed by atoms with Gasteiger partial charge in [0.15, 0.2) is 17.5 Å². The molecule has 0 bridgehead atoms. The molecule has 0 amide bonds. The quantitative estimate of drug-likeness (QED) is 0.203. The molecular formula is C39H23N3S2. The van der Waals surface area contributed by atoms with Crippen molar-refractivity contribution in [2.75, 3.05) is 0 Å². The number of hydrogen-bond donors (Lipinski definition) is 0. The van der Waals surface area contributed by atoms with E-state index in [-0.39, 0.29) is 0 Å². The molecule has 0 fully saturated rings. The molecule has 0 unspecified atom stereocenters. The summed E-state index contributed by atoms with van der Waals surface area (Å²) in [5, 5.41) is 5.07. The second-order valence-corrected chi connectivity index (χ2v) is 13.0. The van der Waals surface area contributed by atoms with Crippen molar-refractivity contribution in [2.45, 2.75) is 0 Å². The Morgan fingerprint density at radius 2 is 0.864 bits per heavy atom. The lowest BCUT2D eigenvalue weighted by Crippen LogP contribution is -2.00. The number of rotatable bonds is 4. The first-order valence-corrected chi connectivity index (χ1v) is 16.2. The van der Waals surface area contributed by atoms with Crippen molar-refractivity contribution in [3.63, 3.8) is 0 Å². The van der Waals surface area contributed by atoms with Crippen LogP contribution in [0.2, 0.25) is 0 Å². The van der Waals surface area contributed by atoms with E-state index in [4.69, 9.17) is 15.0 Å². The van der Waals surface area contributed by atoms with Crippen molar-refractivity contribution in [1.29, 1.82) is 0 Å². The molecule has 0 aliphatic rings. The van der Waals surface area contributed by atoms with Crippen molar-refractivity contribution >= 4 is 63.0 Å². The van der Waals surface area contributed by atoms with Gasteiger partial charge in [0.1, 0.15) is 0 Å². The number of nitrogens with zero attached hydrogens (tertiary/aromatic N) is 3. The van der Waals surface area contributed by atoms with Crippen LogP contribution in [-0.2, 0) is 0 Å². The molecule has 9 aromatic rings. The standard InChI is InChI=1S/C39H23N3S2/c1-3-10-24(11-4-1)28-15-9-16-32-31-21-19-27(23-35(31)44-36(28)32)39-41-37(25-12-5-2-6-13-25)40-38(42-39)26-18-20-30-29-14-7-8-17-33(29)43-34(30)22-26/h1-23H. The Morgan fingerprint density at radius 3 is 1.57 bits per heavy atom. The second kappa shape index (κ2) is 10.2. The van der Waals surface area contributed by atoms with E-state index in [2.05, 4.69) is 121 Å². The summed E-state index contributed by atoms with van der Waals surface area (Å²) in [5.74, 6) is 2.02. The van der Waals surface area contributed by atoms with E-state index in [9.17, 15) is 0 Å². The SMILES string of the molecule is c1ccc(-c2nc(-c3ccc4c(c3)sc3ccccc34)nc(-c3ccc4c(c3)sc3c(-c5ccccc5)cccc34)n2)cc1. The second-order valence-electron chi connectivity index (χ2n) is 10.8. The molecule has 0 aliphatic heterocycles. The normalized spacial score (nSPS) is 11.6. The summed E-state index contributed by atoms with van der Waals surface area (Å²) in [6, 6.07) is 49.1. The van der Waals surface area contributed by atoms with Gasteiger partial charge in [0.2, 0.25) is 0 Å². The van der Waals surface area contributed by atoms with Gasteiger partial charge >= 0.3 is 0 Å². The Balaban J connectivity index is 1.22. The van der Waals surface area contributed by atoms with Crippen molar-refractivity contribution in [3.05, 3.63) is 140 Å². The van der Waals surface area contributed by atoms with Crippen molar-refractivity contribution < 1.29 is 0 Å². The van der Waals surface area contributed by atoms with Crippen LogP contribution >= 0.6 is 22.7 Å². The highest BCUT2D eigenvalue weighted by Crippen LogP contribution is 2.41. The van der Waals surface area contributed by atoms with Gasteiger partial charge in [-0.3, -0.25) is 0 Å². The highest BCUT2D eigenvalue weighted by atomic mass is 32.1. The minimum Gasteiger partial charge on any atom is -0.208 e. The fourth-order valence-corrected chi connectivity index (χ4v) is 8.42. The maximum atomic E-state index is 5.07. The third kappa shape index (κ3) is 4.21. The highest BCUT2D eigenvalue weighted by Gasteiger charge is 2.16. The van der Waals surface area contributed by atoms with Gasteiger partial charge in [-0.15, -0.1) is 22.7 Å². The zero-order valence-electron chi connectivity index (χ0n) is 23.4. The van der Waals surface area contributed by atoms with Crippen LogP contribution in [0, 0.1) is 0 Å². The topological polar surface area (TPSA) is 38.7 Å². The molecule has 0 saturated carbocycles. The summed E-state index contributed by atoms with van der Waals surface area (Å²) in [5.41, 5.74) is 5.43. The van der Waals surface area contributed by atoms with E-state index in [1.165, 1.54) is 51.5 Å². The Labute approximate surface area is 261 Å². The molecule has 3 nitrogen and oxygen atoms in total. The Hall–Kier alpha value is -5.23. The first-order chi connectivity index (χ1) is 21.8. The zero-order valence-corrected chi connectivity index (χ0v) is 25.1. The number of benzene rings is 6. The number of thiophene rings is 2. The molecule has 206 valence electrons. The van der Waals surface area contributed by atoms with Crippen LogP contribution in [0.25, 0.3) is 85.6 Å². The highest BCUT2D eigenvalue weighted by molar-refractivity contribution is 7.26. The van der Waals surface area contributed by atoms with Gasteiger partial charge in [-0.2, -0.15) is 0 Å². The molecule has 0 atom stereocenters.